The van der Waals surface area contributed by atoms with Crippen LogP contribution in [0.15, 0.2) is 42.5 Å². The van der Waals surface area contributed by atoms with Crippen LogP contribution in [0.25, 0.3) is 22.0 Å². The van der Waals surface area contributed by atoms with Gasteiger partial charge in [-0.2, -0.15) is 0 Å². The summed E-state index contributed by atoms with van der Waals surface area (Å²) in [6.07, 6.45) is 2.12. The second-order valence-electron chi connectivity index (χ2n) is 6.80. The van der Waals surface area contributed by atoms with Crippen molar-refractivity contribution in [3.05, 3.63) is 58.2 Å². The van der Waals surface area contributed by atoms with Gasteiger partial charge in [0, 0.05) is 46.7 Å². The van der Waals surface area contributed by atoms with E-state index < -0.39 is 0 Å². The van der Waals surface area contributed by atoms with Gasteiger partial charge in [-0.1, -0.05) is 35.3 Å². The Hall–Kier alpha value is -2.01. The molecule has 2 aromatic carbocycles. The third-order valence-corrected chi connectivity index (χ3v) is 5.51. The number of carbonyl (C=O) groups is 1. The topological polar surface area (TPSA) is 43.3 Å². The molecule has 0 radical (unpaired) electrons. The summed E-state index contributed by atoms with van der Waals surface area (Å²) < 4.78 is 7.54. The molecule has 1 aromatic heterocycles. The minimum Gasteiger partial charge on any atom is -0.376 e. The van der Waals surface area contributed by atoms with E-state index in [0.717, 1.165) is 41.5 Å². The number of hydrogen-bond acceptors (Lipinski definition) is 2. The molecular weight excluding hydrogens is 383 g/mol. The molecule has 1 fully saturated rings. The number of amides is 1. The summed E-state index contributed by atoms with van der Waals surface area (Å²) in [5.74, 6) is -0.120. The van der Waals surface area contributed by atoms with Crippen LogP contribution in [0.3, 0.4) is 0 Å². The lowest BCUT2D eigenvalue weighted by molar-refractivity contribution is 0.0852. The highest BCUT2D eigenvalue weighted by atomic mass is 35.5. The molecule has 0 unspecified atom stereocenters. The zero-order valence-electron chi connectivity index (χ0n) is 15.0. The van der Waals surface area contributed by atoms with Crippen LogP contribution >= 0.6 is 23.2 Å². The van der Waals surface area contributed by atoms with E-state index in [-0.39, 0.29) is 12.0 Å². The van der Waals surface area contributed by atoms with E-state index in [1.807, 2.05) is 54.1 Å². The van der Waals surface area contributed by atoms with E-state index in [9.17, 15) is 4.79 Å². The Kier molecular flexibility index (Phi) is 5.13. The van der Waals surface area contributed by atoms with Crippen molar-refractivity contribution in [2.75, 3.05) is 13.2 Å². The van der Waals surface area contributed by atoms with Crippen molar-refractivity contribution in [1.82, 2.24) is 9.88 Å². The number of fused-ring (bicyclic) bond motifs is 1. The second-order valence-corrected chi connectivity index (χ2v) is 7.67. The lowest BCUT2D eigenvalue weighted by atomic mass is 10.0. The standard InChI is InChI=1S/C21H20Cl2N2O2/c1-25-18-9-8-15(23)11-17(18)19(13-4-6-14(22)7-5-13)20(25)21(26)24-12-16-3-2-10-27-16/h4-9,11,16H,2-3,10,12H2,1H3,(H,24,26)/t16-/m0/s1. The summed E-state index contributed by atoms with van der Waals surface area (Å²) in [6.45, 7) is 1.28. The van der Waals surface area contributed by atoms with Gasteiger partial charge in [0.25, 0.3) is 5.91 Å². The lowest BCUT2D eigenvalue weighted by Gasteiger charge is -2.13. The number of benzene rings is 2. The maximum absolute atomic E-state index is 13.1. The minimum atomic E-state index is -0.120. The van der Waals surface area contributed by atoms with E-state index >= 15 is 0 Å². The molecule has 1 aliphatic rings. The van der Waals surface area contributed by atoms with Crippen molar-refractivity contribution in [1.29, 1.82) is 0 Å². The third-order valence-electron chi connectivity index (χ3n) is 5.02. The Morgan fingerprint density at radius 3 is 2.63 bits per heavy atom. The highest BCUT2D eigenvalue weighted by molar-refractivity contribution is 6.32. The van der Waals surface area contributed by atoms with Gasteiger partial charge in [0.05, 0.1) is 6.10 Å². The van der Waals surface area contributed by atoms with Crippen LogP contribution < -0.4 is 5.32 Å². The van der Waals surface area contributed by atoms with Gasteiger partial charge in [0.15, 0.2) is 0 Å². The normalized spacial score (nSPS) is 16.8. The fourth-order valence-electron chi connectivity index (χ4n) is 3.69. The Morgan fingerprint density at radius 2 is 1.93 bits per heavy atom. The molecule has 4 nitrogen and oxygen atoms in total. The van der Waals surface area contributed by atoms with E-state index in [2.05, 4.69) is 5.32 Å². The zero-order valence-corrected chi connectivity index (χ0v) is 16.5. The predicted molar refractivity (Wildman–Crippen MR) is 110 cm³/mol. The first-order valence-electron chi connectivity index (χ1n) is 8.98. The van der Waals surface area contributed by atoms with Gasteiger partial charge in [0.1, 0.15) is 5.69 Å². The quantitative estimate of drug-likeness (QED) is 0.662. The number of ether oxygens (including phenoxy) is 1. The number of aromatic nitrogens is 1. The molecule has 4 rings (SSSR count). The number of aryl methyl sites for hydroxylation is 1. The number of rotatable bonds is 4. The summed E-state index contributed by atoms with van der Waals surface area (Å²) >= 11 is 12.3. The maximum atomic E-state index is 13.1. The van der Waals surface area contributed by atoms with Crippen LogP contribution in [0, 0.1) is 0 Å². The summed E-state index contributed by atoms with van der Waals surface area (Å²) in [5.41, 5.74) is 3.34. The predicted octanol–water partition coefficient (Wildman–Crippen LogP) is 5.06. The van der Waals surface area contributed by atoms with Crippen LogP contribution in [0.4, 0.5) is 0 Å². The molecule has 6 heteroatoms. The largest absolute Gasteiger partial charge is 0.376 e. The van der Waals surface area contributed by atoms with Gasteiger partial charge < -0.3 is 14.6 Å². The molecule has 0 spiro atoms. The first-order valence-corrected chi connectivity index (χ1v) is 9.74. The van der Waals surface area contributed by atoms with Gasteiger partial charge in [-0.25, -0.2) is 0 Å². The summed E-state index contributed by atoms with van der Waals surface area (Å²) in [4.78, 5) is 13.1. The van der Waals surface area contributed by atoms with Crippen LogP contribution in [0.2, 0.25) is 10.0 Å². The third kappa shape index (κ3) is 3.57. The van der Waals surface area contributed by atoms with E-state index in [0.29, 0.717) is 22.3 Å². The average molecular weight is 403 g/mol. The Labute approximate surface area is 168 Å². The first kappa shape index (κ1) is 18.4. The molecule has 0 saturated carbocycles. The van der Waals surface area contributed by atoms with Gasteiger partial charge in [0.2, 0.25) is 0 Å². The number of carbonyl (C=O) groups excluding carboxylic acids is 1. The van der Waals surface area contributed by atoms with Crippen molar-refractivity contribution >= 4 is 40.0 Å². The molecule has 1 atom stereocenters. The number of nitrogens with zero attached hydrogens (tertiary/aromatic N) is 1. The molecule has 0 aliphatic carbocycles. The highest BCUT2D eigenvalue weighted by Crippen LogP contribution is 2.36. The SMILES string of the molecule is Cn1c(C(=O)NC[C@@H]2CCCO2)c(-c2ccc(Cl)cc2)c2cc(Cl)ccc21. The van der Waals surface area contributed by atoms with E-state index in [4.69, 9.17) is 27.9 Å². The van der Waals surface area contributed by atoms with Gasteiger partial charge in [-0.05, 0) is 48.7 Å². The first-order chi connectivity index (χ1) is 13.0. The molecule has 140 valence electrons. The van der Waals surface area contributed by atoms with E-state index in [1.165, 1.54) is 0 Å². The lowest BCUT2D eigenvalue weighted by Crippen LogP contribution is -2.33. The molecule has 27 heavy (non-hydrogen) atoms. The molecule has 1 saturated heterocycles. The van der Waals surface area contributed by atoms with Gasteiger partial charge in [-0.3, -0.25) is 4.79 Å². The molecule has 3 aromatic rings. The average Bonchev–Trinajstić information content (AvgIpc) is 3.27. The summed E-state index contributed by atoms with van der Waals surface area (Å²) in [7, 11) is 1.90. The van der Waals surface area contributed by atoms with Crippen LogP contribution in [-0.4, -0.2) is 29.7 Å². The summed E-state index contributed by atoms with van der Waals surface area (Å²) in [5, 5.41) is 5.26. The Morgan fingerprint density at radius 1 is 1.19 bits per heavy atom. The molecule has 1 amide bonds. The van der Waals surface area contributed by atoms with E-state index in [1.54, 1.807) is 0 Å². The van der Waals surface area contributed by atoms with Crippen LogP contribution in [0.5, 0.6) is 0 Å². The fraction of sp³-hybridized carbons (Fsp3) is 0.286. The molecule has 1 aliphatic heterocycles. The maximum Gasteiger partial charge on any atom is 0.268 e. The van der Waals surface area contributed by atoms with Crippen molar-refractivity contribution < 1.29 is 9.53 Å². The van der Waals surface area contributed by atoms with Crippen molar-refractivity contribution in [2.45, 2.75) is 18.9 Å². The molecule has 2 heterocycles. The smallest absolute Gasteiger partial charge is 0.268 e. The van der Waals surface area contributed by atoms with Crippen molar-refractivity contribution in [3.8, 4) is 11.1 Å². The number of hydrogen-bond donors (Lipinski definition) is 1. The minimum absolute atomic E-state index is 0.0945. The van der Waals surface area contributed by atoms with Gasteiger partial charge >= 0.3 is 0 Å². The molecule has 0 bridgehead atoms. The van der Waals surface area contributed by atoms with Crippen molar-refractivity contribution in [2.24, 2.45) is 7.05 Å². The second kappa shape index (κ2) is 7.55. The number of nitrogens with one attached hydrogen (secondary N) is 1. The molecular formula is C21H20Cl2N2O2. The van der Waals surface area contributed by atoms with Crippen LogP contribution in [-0.2, 0) is 11.8 Å². The summed E-state index contributed by atoms with van der Waals surface area (Å²) in [6, 6.07) is 13.2. The molecule has 1 N–H and O–H groups in total. The Bertz CT molecular complexity index is 990. The highest BCUT2D eigenvalue weighted by Gasteiger charge is 2.24. The van der Waals surface area contributed by atoms with Crippen molar-refractivity contribution in [3.63, 3.8) is 0 Å². The number of halogens is 2. The zero-order chi connectivity index (χ0) is 19.0. The Balaban J connectivity index is 1.80. The fourth-order valence-corrected chi connectivity index (χ4v) is 3.98. The van der Waals surface area contributed by atoms with Gasteiger partial charge in [-0.15, -0.1) is 0 Å². The monoisotopic (exact) mass is 402 g/mol. The van der Waals surface area contributed by atoms with Crippen LogP contribution in [0.1, 0.15) is 23.3 Å².